The van der Waals surface area contributed by atoms with E-state index in [1.54, 1.807) is 31.2 Å². The molecule has 2 aliphatic rings. The summed E-state index contributed by atoms with van der Waals surface area (Å²) in [5, 5.41) is 5.51. The van der Waals surface area contributed by atoms with Crippen molar-refractivity contribution in [2.45, 2.75) is 31.7 Å². The van der Waals surface area contributed by atoms with E-state index in [-0.39, 0.29) is 6.54 Å². The predicted octanol–water partition coefficient (Wildman–Crippen LogP) is 4.37. The Balaban J connectivity index is 1.23. The first-order valence-corrected chi connectivity index (χ1v) is 11.3. The van der Waals surface area contributed by atoms with Gasteiger partial charge in [-0.15, -0.1) is 0 Å². The highest BCUT2D eigenvalue weighted by Gasteiger charge is 2.49. The monoisotopic (exact) mass is 455 g/mol. The van der Waals surface area contributed by atoms with Crippen LogP contribution in [0.5, 0.6) is 11.5 Å². The minimum absolute atomic E-state index is 0.368. The second-order valence-corrected chi connectivity index (χ2v) is 8.77. The molecular weight excluding hydrogens is 430 g/mol. The molecule has 1 aliphatic heterocycles. The van der Waals surface area contributed by atoms with Crippen LogP contribution in [0.15, 0.2) is 72.8 Å². The van der Waals surface area contributed by atoms with Gasteiger partial charge in [0.1, 0.15) is 23.6 Å². The Kier molecular flexibility index (Phi) is 5.53. The lowest BCUT2D eigenvalue weighted by Gasteiger charge is -2.23. The number of carbonyl (C=O) groups is 3. The van der Waals surface area contributed by atoms with E-state index in [4.69, 9.17) is 4.74 Å². The molecule has 1 aliphatic carbocycles. The Hall–Kier alpha value is -4.13. The van der Waals surface area contributed by atoms with Crippen LogP contribution in [0, 0.1) is 0 Å². The minimum Gasteiger partial charge on any atom is -0.457 e. The first kappa shape index (κ1) is 21.7. The molecule has 7 nitrogen and oxygen atoms in total. The number of ether oxygens (including phenoxy) is 1. The molecule has 7 heteroatoms. The number of amides is 4. The van der Waals surface area contributed by atoms with Crippen molar-refractivity contribution in [2.24, 2.45) is 0 Å². The van der Waals surface area contributed by atoms with Crippen molar-refractivity contribution >= 4 is 23.5 Å². The van der Waals surface area contributed by atoms with Gasteiger partial charge in [-0.1, -0.05) is 36.4 Å². The molecular formula is C27H25N3O4. The van der Waals surface area contributed by atoms with Gasteiger partial charge in [0, 0.05) is 5.69 Å². The Morgan fingerprint density at radius 1 is 0.971 bits per heavy atom. The normalized spacial score (nSPS) is 19.0. The van der Waals surface area contributed by atoms with Crippen molar-refractivity contribution in [3.63, 3.8) is 0 Å². The van der Waals surface area contributed by atoms with Crippen molar-refractivity contribution in [1.82, 2.24) is 10.2 Å². The van der Waals surface area contributed by atoms with E-state index in [0.717, 1.165) is 29.7 Å². The Labute approximate surface area is 197 Å². The summed E-state index contributed by atoms with van der Waals surface area (Å²) in [4.78, 5) is 39.4. The lowest BCUT2D eigenvalue weighted by molar-refractivity contribution is -0.133. The van der Waals surface area contributed by atoms with Crippen LogP contribution in [0.2, 0.25) is 0 Å². The molecule has 1 unspecified atom stereocenters. The van der Waals surface area contributed by atoms with Crippen LogP contribution in [0.25, 0.3) is 0 Å². The standard InChI is InChI=1S/C27H25N3O4/c1-27(20-11-10-18-6-5-7-19(18)16-20)25(32)30(26(33)29-27)17-24(31)28-21-12-14-23(15-13-21)34-22-8-3-2-4-9-22/h2-4,8-16H,5-7,17H2,1H3,(H,28,31)(H,29,33). The fourth-order valence-corrected chi connectivity index (χ4v) is 4.49. The number of fused-ring (bicyclic) bond motifs is 1. The number of urea groups is 1. The molecule has 3 aromatic rings. The minimum atomic E-state index is -1.19. The fourth-order valence-electron chi connectivity index (χ4n) is 4.49. The molecule has 4 amide bonds. The maximum Gasteiger partial charge on any atom is 0.325 e. The van der Waals surface area contributed by atoms with Crippen LogP contribution in [0.1, 0.15) is 30.0 Å². The van der Waals surface area contributed by atoms with Crippen molar-refractivity contribution in [2.75, 3.05) is 11.9 Å². The fraction of sp³-hybridized carbons (Fsp3) is 0.222. The van der Waals surface area contributed by atoms with Gasteiger partial charge >= 0.3 is 6.03 Å². The number of nitrogens with one attached hydrogen (secondary N) is 2. The van der Waals surface area contributed by atoms with Gasteiger partial charge in [0.2, 0.25) is 5.91 Å². The van der Waals surface area contributed by atoms with E-state index in [1.807, 2.05) is 48.5 Å². The zero-order valence-corrected chi connectivity index (χ0v) is 18.8. The number of hydrogen-bond donors (Lipinski definition) is 2. The zero-order valence-electron chi connectivity index (χ0n) is 18.8. The van der Waals surface area contributed by atoms with E-state index in [0.29, 0.717) is 17.2 Å². The predicted molar refractivity (Wildman–Crippen MR) is 128 cm³/mol. The van der Waals surface area contributed by atoms with Gasteiger partial charge < -0.3 is 15.4 Å². The number of nitrogens with zero attached hydrogens (tertiary/aromatic N) is 1. The highest BCUT2D eigenvalue weighted by atomic mass is 16.5. The van der Waals surface area contributed by atoms with Gasteiger partial charge in [-0.3, -0.25) is 14.5 Å². The van der Waals surface area contributed by atoms with Gasteiger partial charge in [-0.25, -0.2) is 4.79 Å². The third-order valence-corrected chi connectivity index (χ3v) is 6.37. The Morgan fingerprint density at radius 2 is 1.68 bits per heavy atom. The van der Waals surface area contributed by atoms with Crippen molar-refractivity contribution in [3.05, 3.63) is 89.5 Å². The summed E-state index contributed by atoms with van der Waals surface area (Å²) in [6.45, 7) is 1.32. The number of para-hydroxylation sites is 1. The second kappa shape index (κ2) is 8.67. The SMILES string of the molecule is CC1(c2ccc3c(c2)CCC3)NC(=O)N(CC(=O)Nc2ccc(Oc3ccccc3)cc2)C1=O. The molecule has 0 saturated carbocycles. The molecule has 5 rings (SSSR count). The number of rotatable bonds is 6. The van der Waals surface area contributed by atoms with Crippen molar-refractivity contribution in [3.8, 4) is 11.5 Å². The summed E-state index contributed by atoms with van der Waals surface area (Å²) >= 11 is 0. The zero-order chi connectivity index (χ0) is 23.7. The highest BCUT2D eigenvalue weighted by Crippen LogP contribution is 2.32. The number of anilines is 1. The van der Waals surface area contributed by atoms with Gasteiger partial charge in [0.15, 0.2) is 0 Å². The van der Waals surface area contributed by atoms with Gasteiger partial charge in [-0.2, -0.15) is 0 Å². The molecule has 2 N–H and O–H groups in total. The summed E-state index contributed by atoms with van der Waals surface area (Å²) in [6, 6.07) is 21.6. The molecule has 0 aromatic heterocycles. The number of carbonyl (C=O) groups excluding carboxylic acids is 3. The van der Waals surface area contributed by atoms with Crippen LogP contribution >= 0.6 is 0 Å². The molecule has 1 fully saturated rings. The van der Waals surface area contributed by atoms with Gasteiger partial charge in [-0.05, 0) is 79.3 Å². The summed E-state index contributed by atoms with van der Waals surface area (Å²) < 4.78 is 5.75. The van der Waals surface area contributed by atoms with E-state index in [1.165, 1.54) is 11.1 Å². The van der Waals surface area contributed by atoms with Gasteiger partial charge in [0.05, 0.1) is 0 Å². The molecule has 0 radical (unpaired) electrons. The number of imide groups is 1. The maximum atomic E-state index is 13.2. The highest BCUT2D eigenvalue weighted by molar-refractivity contribution is 6.10. The molecule has 0 spiro atoms. The van der Waals surface area contributed by atoms with Crippen molar-refractivity contribution < 1.29 is 19.1 Å². The average molecular weight is 456 g/mol. The number of hydrogen-bond acceptors (Lipinski definition) is 4. The second-order valence-electron chi connectivity index (χ2n) is 8.77. The lowest BCUT2D eigenvalue weighted by atomic mass is 9.89. The molecule has 1 atom stereocenters. The van der Waals surface area contributed by atoms with Gasteiger partial charge in [0.25, 0.3) is 5.91 Å². The Bertz CT molecular complexity index is 1260. The average Bonchev–Trinajstić information content (AvgIpc) is 3.39. The van der Waals surface area contributed by atoms with E-state index >= 15 is 0 Å². The first-order valence-electron chi connectivity index (χ1n) is 11.3. The molecule has 172 valence electrons. The summed E-state index contributed by atoms with van der Waals surface area (Å²) in [5.74, 6) is 0.448. The largest absolute Gasteiger partial charge is 0.457 e. The van der Waals surface area contributed by atoms with Crippen LogP contribution in [-0.2, 0) is 28.0 Å². The van der Waals surface area contributed by atoms with E-state index < -0.39 is 23.4 Å². The number of aryl methyl sites for hydroxylation is 2. The van der Waals surface area contributed by atoms with E-state index in [2.05, 4.69) is 10.6 Å². The van der Waals surface area contributed by atoms with Crippen LogP contribution in [-0.4, -0.2) is 29.3 Å². The Morgan fingerprint density at radius 3 is 2.44 bits per heavy atom. The molecule has 1 saturated heterocycles. The summed E-state index contributed by atoms with van der Waals surface area (Å²) in [5.41, 5.74) is 2.60. The third kappa shape index (κ3) is 4.12. The molecule has 3 aromatic carbocycles. The number of benzene rings is 3. The molecule has 1 heterocycles. The quantitative estimate of drug-likeness (QED) is 0.540. The smallest absolute Gasteiger partial charge is 0.325 e. The van der Waals surface area contributed by atoms with E-state index in [9.17, 15) is 14.4 Å². The molecule has 0 bridgehead atoms. The third-order valence-electron chi connectivity index (χ3n) is 6.37. The van der Waals surface area contributed by atoms with Crippen LogP contribution in [0.3, 0.4) is 0 Å². The maximum absolute atomic E-state index is 13.2. The summed E-state index contributed by atoms with van der Waals surface area (Å²) in [6.07, 6.45) is 3.11. The first-order chi connectivity index (χ1) is 16.4. The molecule has 34 heavy (non-hydrogen) atoms. The van der Waals surface area contributed by atoms with Crippen LogP contribution in [0.4, 0.5) is 10.5 Å². The summed E-state index contributed by atoms with van der Waals surface area (Å²) in [7, 11) is 0. The van der Waals surface area contributed by atoms with Crippen LogP contribution < -0.4 is 15.4 Å². The lowest BCUT2D eigenvalue weighted by Crippen LogP contribution is -2.42. The van der Waals surface area contributed by atoms with Crippen molar-refractivity contribution in [1.29, 1.82) is 0 Å². The topological polar surface area (TPSA) is 87.7 Å².